The Labute approximate surface area is 153 Å². The summed E-state index contributed by atoms with van der Waals surface area (Å²) in [5.41, 5.74) is 2.18. The van der Waals surface area contributed by atoms with Gasteiger partial charge in [0.05, 0.1) is 0 Å². The van der Waals surface area contributed by atoms with E-state index in [1.54, 1.807) is 0 Å². The first-order chi connectivity index (χ1) is 11.9. The van der Waals surface area contributed by atoms with E-state index in [-0.39, 0.29) is 12.6 Å². The molecule has 0 spiro atoms. The number of esters is 1. The number of carbonyl (C=O) groups is 1. The molecule has 0 saturated carbocycles. The van der Waals surface area contributed by atoms with Crippen LogP contribution in [-0.2, 0) is 9.53 Å². The van der Waals surface area contributed by atoms with Gasteiger partial charge in [0, 0.05) is 17.7 Å². The van der Waals surface area contributed by atoms with Crippen LogP contribution in [0.4, 0.5) is 0 Å². The van der Waals surface area contributed by atoms with Crippen LogP contribution in [0.25, 0.3) is 0 Å². The van der Waals surface area contributed by atoms with E-state index in [1.165, 1.54) is 22.9 Å². The second kappa shape index (κ2) is 7.52. The topological polar surface area (TPSA) is 35.5 Å². The van der Waals surface area contributed by atoms with Crippen LogP contribution < -0.4 is 4.74 Å². The zero-order valence-electron chi connectivity index (χ0n) is 15.0. The SMILES string of the molecule is CC(=O)OCC(C)(C)Oc1ccc(C2CCSc3ccccc32)cc1. The van der Waals surface area contributed by atoms with Crippen molar-refractivity contribution in [1.29, 1.82) is 0 Å². The number of hydrogen-bond donors (Lipinski definition) is 0. The highest BCUT2D eigenvalue weighted by Crippen LogP contribution is 2.41. The Morgan fingerprint density at radius 3 is 2.60 bits per heavy atom. The number of fused-ring (bicyclic) bond motifs is 1. The van der Waals surface area contributed by atoms with Crippen molar-refractivity contribution in [1.82, 2.24) is 0 Å². The standard InChI is InChI=1S/C21H24O3S/c1-15(22)23-14-21(2,3)24-17-10-8-16(9-11-17)18-12-13-25-20-7-5-4-6-19(18)20/h4-11,18H,12-14H2,1-3H3. The van der Waals surface area contributed by atoms with Crippen LogP contribution in [0.1, 0.15) is 44.2 Å². The fourth-order valence-corrected chi connectivity index (χ4v) is 4.21. The van der Waals surface area contributed by atoms with Gasteiger partial charge in [-0.25, -0.2) is 0 Å². The van der Waals surface area contributed by atoms with Gasteiger partial charge < -0.3 is 9.47 Å². The molecular weight excluding hydrogens is 332 g/mol. The average molecular weight is 356 g/mol. The number of carbonyl (C=O) groups excluding carboxylic acids is 1. The summed E-state index contributed by atoms with van der Waals surface area (Å²) in [6.45, 7) is 5.47. The van der Waals surface area contributed by atoms with E-state index in [4.69, 9.17) is 9.47 Å². The summed E-state index contributed by atoms with van der Waals surface area (Å²) in [6.07, 6.45) is 1.15. The molecule has 0 fully saturated rings. The summed E-state index contributed by atoms with van der Waals surface area (Å²) in [6, 6.07) is 17.0. The quantitative estimate of drug-likeness (QED) is 0.704. The summed E-state index contributed by atoms with van der Waals surface area (Å²) >= 11 is 1.94. The Balaban J connectivity index is 1.72. The molecule has 0 radical (unpaired) electrons. The molecule has 1 unspecified atom stereocenters. The normalized spacial score (nSPS) is 16.8. The van der Waals surface area contributed by atoms with E-state index >= 15 is 0 Å². The van der Waals surface area contributed by atoms with Crippen LogP contribution in [0, 0.1) is 0 Å². The Bertz CT molecular complexity index is 737. The smallest absolute Gasteiger partial charge is 0.302 e. The molecule has 0 aromatic heterocycles. The van der Waals surface area contributed by atoms with Crippen molar-refractivity contribution >= 4 is 17.7 Å². The van der Waals surface area contributed by atoms with Gasteiger partial charge in [0.15, 0.2) is 0 Å². The van der Waals surface area contributed by atoms with Crippen LogP contribution in [0.15, 0.2) is 53.4 Å². The van der Waals surface area contributed by atoms with Gasteiger partial charge in [-0.2, -0.15) is 0 Å². The van der Waals surface area contributed by atoms with Gasteiger partial charge in [-0.15, -0.1) is 11.8 Å². The molecule has 1 atom stereocenters. The molecule has 0 bridgehead atoms. The average Bonchev–Trinajstić information content (AvgIpc) is 2.60. The summed E-state index contributed by atoms with van der Waals surface area (Å²) in [5.74, 6) is 2.09. The van der Waals surface area contributed by atoms with Crippen LogP contribution in [0.5, 0.6) is 5.75 Å². The maximum absolute atomic E-state index is 11.0. The Hall–Kier alpha value is -1.94. The molecule has 0 amide bonds. The predicted molar refractivity (Wildman–Crippen MR) is 101 cm³/mol. The maximum atomic E-state index is 11.0. The lowest BCUT2D eigenvalue weighted by molar-refractivity contribution is -0.146. The Kier molecular flexibility index (Phi) is 5.38. The molecule has 25 heavy (non-hydrogen) atoms. The first-order valence-electron chi connectivity index (χ1n) is 8.59. The Morgan fingerprint density at radius 1 is 1.16 bits per heavy atom. The highest BCUT2D eigenvalue weighted by atomic mass is 32.2. The molecule has 1 heterocycles. The largest absolute Gasteiger partial charge is 0.484 e. The third kappa shape index (κ3) is 4.57. The van der Waals surface area contributed by atoms with Crippen molar-refractivity contribution in [2.24, 2.45) is 0 Å². The molecule has 4 heteroatoms. The molecule has 3 rings (SSSR count). The van der Waals surface area contributed by atoms with E-state index in [9.17, 15) is 4.79 Å². The fraction of sp³-hybridized carbons (Fsp3) is 0.381. The van der Waals surface area contributed by atoms with E-state index in [1.807, 2.05) is 37.7 Å². The molecule has 2 aromatic rings. The highest BCUT2D eigenvalue weighted by Gasteiger charge is 2.24. The number of benzene rings is 2. The van der Waals surface area contributed by atoms with Gasteiger partial charge in [0.1, 0.15) is 18.0 Å². The van der Waals surface area contributed by atoms with Gasteiger partial charge in [-0.05, 0) is 55.3 Å². The molecule has 1 aliphatic heterocycles. The van der Waals surface area contributed by atoms with Crippen LogP contribution in [-0.4, -0.2) is 23.9 Å². The minimum absolute atomic E-state index is 0.233. The van der Waals surface area contributed by atoms with Crippen molar-refractivity contribution in [3.63, 3.8) is 0 Å². The third-order valence-electron chi connectivity index (χ3n) is 4.26. The lowest BCUT2D eigenvalue weighted by Gasteiger charge is -2.27. The predicted octanol–water partition coefficient (Wildman–Crippen LogP) is 5.03. The number of ether oxygens (including phenoxy) is 2. The fourth-order valence-electron chi connectivity index (χ4n) is 3.08. The van der Waals surface area contributed by atoms with Crippen LogP contribution >= 0.6 is 11.8 Å². The molecule has 0 saturated heterocycles. The van der Waals surface area contributed by atoms with Gasteiger partial charge in [-0.3, -0.25) is 4.79 Å². The minimum atomic E-state index is -0.554. The van der Waals surface area contributed by atoms with Crippen molar-refractivity contribution in [2.75, 3.05) is 12.4 Å². The van der Waals surface area contributed by atoms with Gasteiger partial charge in [-0.1, -0.05) is 30.3 Å². The third-order valence-corrected chi connectivity index (χ3v) is 5.38. The maximum Gasteiger partial charge on any atom is 0.302 e. The number of rotatable bonds is 5. The highest BCUT2D eigenvalue weighted by molar-refractivity contribution is 7.99. The number of hydrogen-bond acceptors (Lipinski definition) is 4. The van der Waals surface area contributed by atoms with E-state index in [0.717, 1.165) is 17.9 Å². The van der Waals surface area contributed by atoms with Crippen LogP contribution in [0.3, 0.4) is 0 Å². The molecule has 2 aromatic carbocycles. The van der Waals surface area contributed by atoms with Crippen molar-refractivity contribution < 1.29 is 14.3 Å². The molecule has 132 valence electrons. The molecular formula is C21H24O3S. The molecule has 1 aliphatic rings. The second-order valence-electron chi connectivity index (χ2n) is 6.94. The van der Waals surface area contributed by atoms with Crippen molar-refractivity contribution in [3.8, 4) is 5.75 Å². The summed E-state index contributed by atoms with van der Waals surface area (Å²) < 4.78 is 11.1. The van der Waals surface area contributed by atoms with Crippen molar-refractivity contribution in [3.05, 3.63) is 59.7 Å². The van der Waals surface area contributed by atoms with Crippen LogP contribution in [0.2, 0.25) is 0 Å². The van der Waals surface area contributed by atoms with Gasteiger partial charge >= 0.3 is 5.97 Å². The Morgan fingerprint density at radius 2 is 1.88 bits per heavy atom. The molecule has 0 N–H and O–H groups in total. The molecule has 3 nitrogen and oxygen atoms in total. The second-order valence-corrected chi connectivity index (χ2v) is 8.08. The zero-order valence-corrected chi connectivity index (χ0v) is 15.8. The van der Waals surface area contributed by atoms with Gasteiger partial charge in [0.25, 0.3) is 0 Å². The number of thioether (sulfide) groups is 1. The summed E-state index contributed by atoms with van der Waals surface area (Å²) in [5, 5.41) is 0. The van der Waals surface area contributed by atoms with Crippen molar-refractivity contribution in [2.45, 2.75) is 43.6 Å². The zero-order chi connectivity index (χ0) is 17.9. The molecule has 0 aliphatic carbocycles. The first-order valence-corrected chi connectivity index (χ1v) is 9.57. The van der Waals surface area contributed by atoms with E-state index in [0.29, 0.717) is 5.92 Å². The van der Waals surface area contributed by atoms with E-state index in [2.05, 4.69) is 36.4 Å². The summed E-state index contributed by atoms with van der Waals surface area (Å²) in [7, 11) is 0. The van der Waals surface area contributed by atoms with E-state index < -0.39 is 5.60 Å². The summed E-state index contributed by atoms with van der Waals surface area (Å²) in [4.78, 5) is 12.4. The van der Waals surface area contributed by atoms with Gasteiger partial charge in [0.2, 0.25) is 0 Å². The lowest BCUT2D eigenvalue weighted by Crippen LogP contribution is -2.34. The minimum Gasteiger partial charge on any atom is -0.484 e. The lowest BCUT2D eigenvalue weighted by atomic mass is 9.88. The first kappa shape index (κ1) is 17.9. The monoisotopic (exact) mass is 356 g/mol.